The predicted octanol–water partition coefficient (Wildman–Crippen LogP) is 5.03. The Morgan fingerprint density at radius 3 is 2.00 bits per heavy atom. The molecule has 4 heterocycles. The van der Waals surface area contributed by atoms with E-state index in [0.717, 1.165) is 30.3 Å². The normalized spacial score (nSPS) is 12.3. The van der Waals surface area contributed by atoms with Crippen LogP contribution >= 0.6 is 0 Å². The number of carboxylic acids is 1. The van der Waals surface area contributed by atoms with Gasteiger partial charge in [0.25, 0.3) is 0 Å². The standard InChI is InChI=1S/C12H11NO2.C11H11N.CH4.2Cr.Cu.4O/c14-12(15)10-7-13-6-2-4-8-3-1-5-9(10)11(8)13;1-3-9-5-2-7-12-8-6-10(4-1)11(9)12;;;;;;;;/h1,3,5,7H,2,4,6H2,(H,14,15);1,3-4,6,8H,2,5,7H2;1H4;;;;;;;. The summed E-state index contributed by atoms with van der Waals surface area (Å²) in [7, 11) is 0. The summed E-state index contributed by atoms with van der Waals surface area (Å²) in [6.07, 6.45) is 8.66. The van der Waals surface area contributed by atoms with Crippen molar-refractivity contribution < 1.29 is 72.4 Å². The molecule has 2 aliphatic heterocycles. The fraction of sp³-hybridized carbons (Fsp3) is 0.292. The Hall–Kier alpha value is -2.23. The van der Waals surface area contributed by atoms with Gasteiger partial charge in [0.2, 0.25) is 0 Å². The van der Waals surface area contributed by atoms with Crippen LogP contribution < -0.4 is 0 Å². The predicted molar refractivity (Wildman–Crippen MR) is 117 cm³/mol. The van der Waals surface area contributed by atoms with Crippen LogP contribution in [0.25, 0.3) is 21.8 Å². The summed E-state index contributed by atoms with van der Waals surface area (Å²) in [6.45, 7) is 2.13. The molecule has 6 rings (SSSR count). The Morgan fingerprint density at radius 1 is 0.857 bits per heavy atom. The molecule has 0 amide bonds. The fourth-order valence-electron chi connectivity index (χ4n) is 4.59. The number of carbonyl (C=O) groups is 1. The second-order valence-corrected chi connectivity index (χ2v) is 8.27. The molecule has 0 unspecified atom stereocenters. The summed E-state index contributed by atoms with van der Waals surface area (Å²) in [5.74, 6) is -0.835. The topological polar surface area (TPSA) is 115 Å². The Bertz CT molecular complexity index is 1410. The van der Waals surface area contributed by atoms with E-state index in [2.05, 4.69) is 61.6 Å². The van der Waals surface area contributed by atoms with E-state index in [1.165, 1.54) is 41.4 Å². The molecule has 35 heavy (non-hydrogen) atoms. The molecule has 191 valence electrons. The van der Waals surface area contributed by atoms with E-state index in [1.54, 1.807) is 6.20 Å². The number of hydrogen-bond donors (Lipinski definition) is 1. The van der Waals surface area contributed by atoms with Crippen molar-refractivity contribution in [3.8, 4) is 0 Å². The minimum atomic E-state index is -3.79. The molecule has 8 nitrogen and oxygen atoms in total. The molecule has 1 N–H and O–H groups in total. The van der Waals surface area contributed by atoms with Crippen molar-refractivity contribution in [2.24, 2.45) is 0 Å². The molecule has 2 aliphatic rings. The van der Waals surface area contributed by atoms with Gasteiger partial charge in [-0.15, -0.1) is 0 Å². The monoisotopic (exact) mass is 605 g/mol. The molecule has 4 aromatic rings. The Labute approximate surface area is 226 Å². The quantitative estimate of drug-likeness (QED) is 0.305. The van der Waals surface area contributed by atoms with Crippen molar-refractivity contribution >= 4 is 27.8 Å². The number of para-hydroxylation sites is 2. The number of benzene rings is 2. The average molecular weight is 606 g/mol. The maximum atomic E-state index is 11.1. The first-order valence-corrected chi connectivity index (χ1v) is 12.2. The van der Waals surface area contributed by atoms with E-state index < -0.39 is 19.9 Å². The summed E-state index contributed by atoms with van der Waals surface area (Å²) in [4.78, 5) is 11.1. The number of aryl methyl sites for hydroxylation is 4. The number of nitrogens with zero attached hydrogens (tertiary/aromatic N) is 2. The van der Waals surface area contributed by atoms with Crippen LogP contribution in [0.4, 0.5) is 0 Å². The Kier molecular flexibility index (Phi) is 12.6. The van der Waals surface area contributed by atoms with Gasteiger partial charge in [-0.05, 0) is 48.3 Å². The van der Waals surface area contributed by atoms with Crippen LogP contribution in [0, 0.1) is 0 Å². The molecule has 0 fully saturated rings. The number of rotatable bonds is 1. The van der Waals surface area contributed by atoms with Gasteiger partial charge >= 0.3 is 51.1 Å². The first-order chi connectivity index (χ1) is 16.0. The summed E-state index contributed by atoms with van der Waals surface area (Å²) >= 11 is -0.854. The molecule has 0 spiro atoms. The van der Waals surface area contributed by atoms with Crippen LogP contribution in [0.15, 0.2) is 54.9 Å². The van der Waals surface area contributed by atoms with Gasteiger partial charge < -0.3 is 14.2 Å². The third kappa shape index (κ3) is 7.15. The van der Waals surface area contributed by atoms with Gasteiger partial charge in [0.15, 0.2) is 0 Å². The summed E-state index contributed by atoms with van der Waals surface area (Å²) < 4.78 is 37.9. The van der Waals surface area contributed by atoms with E-state index in [9.17, 15) is 4.79 Å². The molecule has 0 saturated carbocycles. The second kappa shape index (κ2) is 14.4. The minimum absolute atomic E-state index is 0. The number of aromatic nitrogens is 2. The number of aromatic carboxylic acids is 1. The number of carboxylic acid groups (broad SMARTS) is 1. The molecule has 0 atom stereocenters. The van der Waals surface area contributed by atoms with Gasteiger partial charge in [0, 0.05) is 48.2 Å². The van der Waals surface area contributed by atoms with Gasteiger partial charge in [0.05, 0.1) is 16.6 Å². The number of hydrogen-bond acceptors (Lipinski definition) is 5. The van der Waals surface area contributed by atoms with Gasteiger partial charge in [-0.2, -0.15) is 0 Å². The van der Waals surface area contributed by atoms with Crippen molar-refractivity contribution in [2.45, 2.75) is 46.2 Å². The van der Waals surface area contributed by atoms with E-state index >= 15 is 0 Å². The maximum absolute atomic E-state index is 11.1. The van der Waals surface area contributed by atoms with E-state index in [0.29, 0.717) is 5.56 Å². The molecule has 0 saturated heterocycles. The van der Waals surface area contributed by atoms with Crippen LogP contribution in [-0.2, 0) is 88.4 Å². The molecular formula is C24H26Cr2CuN2O6. The first kappa shape index (κ1) is 30.8. The Balaban J connectivity index is 0.000000278. The zero-order chi connectivity index (χ0) is 24.0. The maximum Gasteiger partial charge on any atom is 0.0512 e. The van der Waals surface area contributed by atoms with Gasteiger partial charge in [-0.1, -0.05) is 43.8 Å². The van der Waals surface area contributed by atoms with Crippen molar-refractivity contribution in [1.82, 2.24) is 9.13 Å². The van der Waals surface area contributed by atoms with Crippen molar-refractivity contribution in [3.63, 3.8) is 0 Å². The van der Waals surface area contributed by atoms with Crippen LogP contribution in [0.5, 0.6) is 0 Å². The summed E-state index contributed by atoms with van der Waals surface area (Å²) in [5, 5.41) is 11.4. The first-order valence-electron chi connectivity index (χ1n) is 10.3. The van der Waals surface area contributed by atoms with E-state index in [1.807, 2.05) is 12.1 Å². The Morgan fingerprint density at radius 2 is 1.40 bits per heavy atom. The van der Waals surface area contributed by atoms with Crippen LogP contribution in [-0.4, -0.2) is 20.2 Å². The molecule has 11 heteroatoms. The fourth-order valence-corrected chi connectivity index (χ4v) is 4.59. The van der Waals surface area contributed by atoms with E-state index in [4.69, 9.17) is 20.4 Å². The van der Waals surface area contributed by atoms with Crippen molar-refractivity contribution in [2.75, 3.05) is 0 Å². The molecule has 0 aliphatic carbocycles. The van der Waals surface area contributed by atoms with Crippen LogP contribution in [0.3, 0.4) is 0 Å². The van der Waals surface area contributed by atoms with Crippen LogP contribution in [0.2, 0.25) is 0 Å². The zero-order valence-corrected chi connectivity index (χ0v) is 21.4. The molecule has 2 aromatic heterocycles. The van der Waals surface area contributed by atoms with Crippen molar-refractivity contribution in [1.29, 1.82) is 0 Å². The van der Waals surface area contributed by atoms with E-state index in [-0.39, 0.29) is 24.8 Å². The summed E-state index contributed by atoms with van der Waals surface area (Å²) in [6, 6.07) is 14.7. The van der Waals surface area contributed by atoms with Crippen LogP contribution in [0.1, 0.15) is 41.8 Å². The minimum Gasteiger partial charge on any atom is -0.347 e. The van der Waals surface area contributed by atoms with Gasteiger partial charge in [-0.3, -0.25) is 0 Å². The van der Waals surface area contributed by atoms with Gasteiger partial charge in [-0.25, -0.2) is 4.79 Å². The smallest absolute Gasteiger partial charge is 0.0512 e. The largest absolute Gasteiger partial charge is 0.347 e. The second-order valence-electron chi connectivity index (χ2n) is 7.63. The zero-order valence-electron chi connectivity index (χ0n) is 17.9. The molecule has 0 bridgehead atoms. The third-order valence-corrected chi connectivity index (χ3v) is 5.77. The molecular weight excluding hydrogens is 580 g/mol. The SMILES string of the molecule is C.O=C(O)c1cn2c3c(cccc13)CCC2.[Cr].[O]=[Cr](=[O])=[O].[O]=[Cu].c1cc2c3c(c1)ccn3CCC2. The average Bonchev–Trinajstić information content (AvgIpc) is 3.41. The van der Waals surface area contributed by atoms with Gasteiger partial charge in [0.1, 0.15) is 0 Å². The molecule has 2 aromatic carbocycles. The summed E-state index contributed by atoms with van der Waals surface area (Å²) in [5.41, 5.74) is 5.79. The van der Waals surface area contributed by atoms with Crippen molar-refractivity contribution in [3.05, 3.63) is 71.5 Å². The third-order valence-electron chi connectivity index (χ3n) is 5.77. The molecule has 0 radical (unpaired) electrons.